The van der Waals surface area contributed by atoms with Crippen LogP contribution in [0.5, 0.6) is 0 Å². The lowest BCUT2D eigenvalue weighted by Gasteiger charge is -2.56. The Hall–Kier alpha value is -0.700. The number of aliphatic hydroxyl groups excluding tert-OH is 1. The Bertz CT molecular complexity index is 709. The summed E-state index contributed by atoms with van der Waals surface area (Å²) >= 11 is 0. The van der Waals surface area contributed by atoms with Crippen molar-refractivity contribution in [2.45, 2.75) is 71.4 Å². The van der Waals surface area contributed by atoms with Crippen molar-refractivity contribution in [2.75, 3.05) is 32.4 Å². The van der Waals surface area contributed by atoms with Gasteiger partial charge in [0.2, 0.25) is 15.9 Å². The molecule has 0 aromatic heterocycles. The molecule has 0 spiro atoms. The van der Waals surface area contributed by atoms with Crippen molar-refractivity contribution >= 4 is 15.9 Å². The lowest BCUT2D eigenvalue weighted by atomic mass is 9.52. The van der Waals surface area contributed by atoms with Gasteiger partial charge in [0.1, 0.15) is 0 Å². The van der Waals surface area contributed by atoms with Crippen LogP contribution in [-0.2, 0) is 14.8 Å². The molecule has 2 aliphatic carbocycles. The van der Waals surface area contributed by atoms with Gasteiger partial charge in [-0.1, -0.05) is 20.8 Å². The van der Waals surface area contributed by atoms with Gasteiger partial charge in [0, 0.05) is 25.0 Å². The van der Waals surface area contributed by atoms with E-state index in [2.05, 4.69) is 28.8 Å². The molecule has 8 heteroatoms. The first-order valence-electron chi connectivity index (χ1n) is 11.7. The summed E-state index contributed by atoms with van der Waals surface area (Å²) in [5, 5.41) is 14.4. The Morgan fingerprint density at radius 1 is 1.23 bits per heavy atom. The van der Waals surface area contributed by atoms with Crippen LogP contribution in [0, 0.1) is 29.1 Å². The van der Waals surface area contributed by atoms with Gasteiger partial charge in [0.15, 0.2) is 0 Å². The van der Waals surface area contributed by atoms with Gasteiger partial charge in [0.05, 0.1) is 12.4 Å². The first-order chi connectivity index (χ1) is 14.0. The molecule has 0 aromatic rings. The number of rotatable bonds is 7. The summed E-state index contributed by atoms with van der Waals surface area (Å²) in [7, 11) is -3.29. The Balaban J connectivity index is 1.62. The van der Waals surface area contributed by atoms with Crippen molar-refractivity contribution in [3.05, 3.63) is 0 Å². The summed E-state index contributed by atoms with van der Waals surface area (Å²) < 4.78 is 26.4. The van der Waals surface area contributed by atoms with E-state index in [1.54, 1.807) is 0 Å². The maximum absolute atomic E-state index is 12.8. The summed E-state index contributed by atoms with van der Waals surface area (Å²) in [6, 6.07) is -0.156. The summed E-state index contributed by atoms with van der Waals surface area (Å²) in [5.41, 5.74) is -0.00301. The van der Waals surface area contributed by atoms with E-state index in [1.807, 2.05) is 6.92 Å². The number of aliphatic hydroxyl groups is 1. The van der Waals surface area contributed by atoms with Gasteiger partial charge in [-0.25, -0.2) is 13.1 Å². The molecule has 30 heavy (non-hydrogen) atoms. The van der Waals surface area contributed by atoms with Crippen LogP contribution in [-0.4, -0.2) is 68.9 Å². The molecule has 1 heterocycles. The van der Waals surface area contributed by atoms with Crippen molar-refractivity contribution in [2.24, 2.45) is 29.1 Å². The fraction of sp³-hybridized carbons (Fsp3) is 0.955. The van der Waals surface area contributed by atoms with Gasteiger partial charge in [-0.2, -0.15) is 0 Å². The third kappa shape index (κ3) is 5.37. The average molecular weight is 444 g/mol. The fourth-order valence-electron chi connectivity index (χ4n) is 6.43. The molecule has 7 atom stereocenters. The second-order valence-corrected chi connectivity index (χ2v) is 12.2. The number of sulfonamides is 1. The smallest absolute Gasteiger partial charge is 0.223 e. The average Bonchev–Trinajstić information content (AvgIpc) is 3.16. The van der Waals surface area contributed by atoms with Crippen LogP contribution in [0.2, 0.25) is 0 Å². The van der Waals surface area contributed by atoms with E-state index in [-0.39, 0.29) is 41.0 Å². The molecule has 1 amide bonds. The van der Waals surface area contributed by atoms with Crippen molar-refractivity contribution in [1.82, 2.24) is 14.9 Å². The van der Waals surface area contributed by atoms with E-state index < -0.39 is 16.1 Å². The summed E-state index contributed by atoms with van der Waals surface area (Å²) in [4.78, 5) is 15.2. The summed E-state index contributed by atoms with van der Waals surface area (Å²) in [5.74, 6) is -0.296. The number of likely N-dealkylation sites (tertiary alicyclic amines) is 1. The van der Waals surface area contributed by atoms with Crippen LogP contribution in [0.1, 0.15) is 59.3 Å². The van der Waals surface area contributed by atoms with E-state index in [9.17, 15) is 18.3 Å². The number of carbonyl (C=O) groups excluding carboxylic acids is 1. The monoisotopic (exact) mass is 443 g/mol. The number of nitrogens with one attached hydrogen (secondary N) is 2. The minimum Gasteiger partial charge on any atom is -0.392 e. The Labute approximate surface area is 182 Å². The number of carbonyl (C=O) groups is 1. The Morgan fingerprint density at radius 3 is 2.50 bits per heavy atom. The van der Waals surface area contributed by atoms with Gasteiger partial charge >= 0.3 is 0 Å². The quantitative estimate of drug-likeness (QED) is 0.555. The summed E-state index contributed by atoms with van der Waals surface area (Å²) in [6.45, 7) is 10.00. The standard InChI is InChI=1S/C22H41N3O4S/c1-15(21(27)23-11-14-25-12-5-6-13-25)17-7-9-22(3)10-8-18(24-30(4,28)29)16(2)19(22)20(17)26/h15-20,24,26H,5-14H2,1-4H3,(H,23,27)/t15-,16+,17-,18-,19+,20-,22-/m0/s1. The third-order valence-electron chi connectivity index (χ3n) is 8.23. The molecule has 0 unspecified atom stereocenters. The first kappa shape index (κ1) is 24.0. The maximum Gasteiger partial charge on any atom is 0.223 e. The van der Waals surface area contributed by atoms with Crippen LogP contribution >= 0.6 is 0 Å². The normalized spacial score (nSPS) is 38.8. The van der Waals surface area contributed by atoms with Crippen LogP contribution in [0.3, 0.4) is 0 Å². The molecular weight excluding hydrogens is 402 g/mol. The highest BCUT2D eigenvalue weighted by Gasteiger charge is 2.53. The topological polar surface area (TPSA) is 98.7 Å². The van der Waals surface area contributed by atoms with Gasteiger partial charge in [-0.05, 0) is 74.8 Å². The molecule has 3 rings (SSSR count). The predicted molar refractivity (Wildman–Crippen MR) is 118 cm³/mol. The van der Waals surface area contributed by atoms with Crippen molar-refractivity contribution in [3.8, 4) is 0 Å². The zero-order valence-corrected chi connectivity index (χ0v) is 19.9. The second-order valence-electron chi connectivity index (χ2n) is 10.4. The number of hydrogen-bond donors (Lipinski definition) is 3. The first-order valence-corrected chi connectivity index (χ1v) is 13.6. The van der Waals surface area contributed by atoms with Crippen molar-refractivity contribution < 1.29 is 18.3 Å². The molecule has 0 radical (unpaired) electrons. The Morgan fingerprint density at radius 2 is 1.87 bits per heavy atom. The number of hydrogen-bond acceptors (Lipinski definition) is 5. The van der Waals surface area contributed by atoms with Crippen LogP contribution < -0.4 is 10.0 Å². The molecule has 3 N–H and O–H groups in total. The fourth-order valence-corrected chi connectivity index (χ4v) is 7.32. The van der Waals surface area contributed by atoms with Crippen molar-refractivity contribution in [3.63, 3.8) is 0 Å². The van der Waals surface area contributed by atoms with Gasteiger partial charge in [0.25, 0.3) is 0 Å². The molecule has 0 aromatic carbocycles. The van der Waals surface area contributed by atoms with Gasteiger partial charge < -0.3 is 15.3 Å². The zero-order chi connectivity index (χ0) is 22.1. The lowest BCUT2D eigenvalue weighted by molar-refractivity contribution is -0.141. The largest absolute Gasteiger partial charge is 0.392 e. The van der Waals surface area contributed by atoms with Crippen molar-refractivity contribution in [1.29, 1.82) is 0 Å². The van der Waals surface area contributed by atoms with Crippen LogP contribution in [0.15, 0.2) is 0 Å². The number of fused-ring (bicyclic) bond motifs is 1. The van der Waals surface area contributed by atoms with E-state index in [0.717, 1.165) is 45.3 Å². The van der Waals surface area contributed by atoms with E-state index in [0.29, 0.717) is 6.54 Å². The maximum atomic E-state index is 12.8. The molecular formula is C22H41N3O4S. The molecule has 7 nitrogen and oxygen atoms in total. The second kappa shape index (κ2) is 9.43. The third-order valence-corrected chi connectivity index (χ3v) is 8.97. The van der Waals surface area contributed by atoms with E-state index in [4.69, 9.17) is 0 Å². The highest BCUT2D eigenvalue weighted by Crippen LogP contribution is 2.55. The minimum absolute atomic E-state index is 0.00301. The molecule has 174 valence electrons. The molecule has 1 aliphatic heterocycles. The Kier molecular flexibility index (Phi) is 7.53. The van der Waals surface area contributed by atoms with E-state index in [1.165, 1.54) is 19.1 Å². The molecule has 0 bridgehead atoms. The van der Waals surface area contributed by atoms with E-state index >= 15 is 0 Å². The lowest BCUT2D eigenvalue weighted by Crippen LogP contribution is -2.58. The predicted octanol–water partition coefficient (Wildman–Crippen LogP) is 1.58. The highest BCUT2D eigenvalue weighted by atomic mass is 32.2. The SMILES string of the molecule is C[C@H]1[C@@H]2[C@@H](O)[C@H]([C@H](C)C(=O)NCCN3CCCC3)CC[C@@]2(C)CC[C@@H]1NS(C)(=O)=O. The summed E-state index contributed by atoms with van der Waals surface area (Å²) in [6.07, 6.45) is 6.59. The van der Waals surface area contributed by atoms with Crippen LogP contribution in [0.25, 0.3) is 0 Å². The zero-order valence-electron chi connectivity index (χ0n) is 19.1. The van der Waals surface area contributed by atoms with Gasteiger partial charge in [-0.15, -0.1) is 0 Å². The molecule has 2 saturated carbocycles. The number of nitrogens with zero attached hydrogens (tertiary/aromatic N) is 1. The van der Waals surface area contributed by atoms with Crippen LogP contribution in [0.4, 0.5) is 0 Å². The molecule has 1 saturated heterocycles. The highest BCUT2D eigenvalue weighted by molar-refractivity contribution is 7.88. The minimum atomic E-state index is -3.29. The van der Waals surface area contributed by atoms with Gasteiger partial charge in [-0.3, -0.25) is 4.79 Å². The number of amides is 1. The molecule has 3 fully saturated rings. The molecule has 3 aliphatic rings.